The molecule has 5 rings (SSSR count). The highest BCUT2D eigenvalue weighted by atomic mass is 32.1. The molecule has 0 saturated carbocycles. The molecular weight excluding hydrogens is 384 g/mol. The quantitative estimate of drug-likeness (QED) is 0.363. The number of nitrogens with zero attached hydrogens (tertiary/aromatic N) is 4. The van der Waals surface area contributed by atoms with Crippen molar-refractivity contribution in [3.63, 3.8) is 0 Å². The van der Waals surface area contributed by atoms with Gasteiger partial charge in [-0.15, -0.1) is 11.3 Å². The number of aromatic nitrogens is 4. The van der Waals surface area contributed by atoms with Gasteiger partial charge in [-0.1, -0.05) is 24.3 Å². The Morgan fingerprint density at radius 2 is 1.41 bits per heavy atom. The van der Waals surface area contributed by atoms with Crippen LogP contribution in [0.4, 0.5) is 23.0 Å². The fraction of sp³-hybridized carbons (Fsp3) is 0.100. The third-order valence-corrected chi connectivity index (χ3v) is 6.33. The molecule has 0 saturated heterocycles. The molecule has 2 aromatic carbocycles. The molecule has 146 valence electrons. The molecule has 0 aliphatic heterocycles. The van der Waals surface area contributed by atoms with Crippen LogP contribution in [0, 0.1) is 0 Å². The molecule has 3 heterocycles. The van der Waals surface area contributed by atoms with Gasteiger partial charge in [-0.2, -0.15) is 10.2 Å². The van der Waals surface area contributed by atoms with Crippen LogP contribution < -0.4 is 22.9 Å². The van der Waals surface area contributed by atoms with Crippen molar-refractivity contribution in [1.29, 1.82) is 0 Å². The second kappa shape index (κ2) is 6.42. The van der Waals surface area contributed by atoms with Crippen molar-refractivity contribution in [2.75, 3.05) is 22.9 Å². The number of thiophene rings is 1. The summed E-state index contributed by atoms with van der Waals surface area (Å²) < 4.78 is 5.87. The van der Waals surface area contributed by atoms with E-state index < -0.39 is 0 Å². The maximum Gasteiger partial charge on any atom is 0.145 e. The number of nitrogen functional groups attached to an aromatic ring is 4. The molecule has 0 unspecified atom stereocenters. The van der Waals surface area contributed by atoms with E-state index in [2.05, 4.69) is 46.6 Å². The van der Waals surface area contributed by atoms with Crippen LogP contribution in [0.3, 0.4) is 0 Å². The summed E-state index contributed by atoms with van der Waals surface area (Å²) in [5.41, 5.74) is 27.1. The Morgan fingerprint density at radius 3 is 2.07 bits per heavy atom. The van der Waals surface area contributed by atoms with Crippen molar-refractivity contribution >= 4 is 54.5 Å². The van der Waals surface area contributed by atoms with Crippen LogP contribution in [-0.4, -0.2) is 19.6 Å². The normalized spacial score (nSPS) is 11.6. The highest BCUT2D eigenvalue weighted by molar-refractivity contribution is 7.25. The minimum Gasteiger partial charge on any atom is -0.394 e. The predicted octanol–water partition coefficient (Wildman–Crippen LogP) is 2.87. The molecule has 0 radical (unpaired) electrons. The van der Waals surface area contributed by atoms with Gasteiger partial charge < -0.3 is 22.9 Å². The second-order valence-corrected chi connectivity index (χ2v) is 8.04. The standard InChI is InChI=1S/C20H20N8S/c21-14-7-25-27(19(14)23)9-11-5-6-17-18(12-3-1-2-4-16(12)29-17)13(11)10-28-20(24)15(22)8-26-28/h1-8H,9-10,21-24H2. The minimum absolute atomic E-state index is 0.453. The SMILES string of the molecule is Nc1cnn(Cc2ccc3sc4ccccc4c3c2Cn2ncc(N)c2N)c1N. The van der Waals surface area contributed by atoms with Crippen molar-refractivity contribution in [3.05, 3.63) is 59.9 Å². The first-order chi connectivity index (χ1) is 14.0. The lowest BCUT2D eigenvalue weighted by Gasteiger charge is -2.14. The lowest BCUT2D eigenvalue weighted by molar-refractivity contribution is 0.665. The van der Waals surface area contributed by atoms with E-state index in [1.165, 1.54) is 20.2 Å². The molecule has 0 amide bonds. The first-order valence-corrected chi connectivity index (χ1v) is 9.90. The van der Waals surface area contributed by atoms with Crippen molar-refractivity contribution in [2.45, 2.75) is 13.1 Å². The van der Waals surface area contributed by atoms with Crippen molar-refractivity contribution in [3.8, 4) is 0 Å². The van der Waals surface area contributed by atoms with Crippen LogP contribution in [0.1, 0.15) is 11.1 Å². The topological polar surface area (TPSA) is 140 Å². The van der Waals surface area contributed by atoms with Gasteiger partial charge in [0.25, 0.3) is 0 Å². The average molecular weight is 405 g/mol. The maximum absolute atomic E-state index is 6.14. The number of benzene rings is 2. The summed E-state index contributed by atoms with van der Waals surface area (Å²) in [4.78, 5) is 0. The van der Waals surface area contributed by atoms with E-state index in [9.17, 15) is 0 Å². The zero-order chi connectivity index (χ0) is 20.1. The molecule has 0 aliphatic carbocycles. The van der Waals surface area contributed by atoms with Gasteiger partial charge in [0.2, 0.25) is 0 Å². The Labute approximate surface area is 170 Å². The van der Waals surface area contributed by atoms with Gasteiger partial charge in [-0.05, 0) is 23.3 Å². The Balaban J connectivity index is 1.74. The summed E-state index contributed by atoms with van der Waals surface area (Å²) in [5.74, 6) is 0.907. The molecule has 0 aliphatic rings. The van der Waals surface area contributed by atoms with Crippen molar-refractivity contribution in [1.82, 2.24) is 19.6 Å². The Kier molecular flexibility index (Phi) is 3.85. The van der Waals surface area contributed by atoms with Crippen LogP contribution in [0.15, 0.2) is 48.8 Å². The van der Waals surface area contributed by atoms with Crippen LogP contribution >= 0.6 is 11.3 Å². The highest BCUT2D eigenvalue weighted by Crippen LogP contribution is 2.38. The van der Waals surface area contributed by atoms with Gasteiger partial charge in [0.05, 0.1) is 36.9 Å². The molecule has 8 N–H and O–H groups in total. The zero-order valence-electron chi connectivity index (χ0n) is 15.5. The minimum atomic E-state index is 0.453. The maximum atomic E-state index is 6.14. The smallest absolute Gasteiger partial charge is 0.145 e. The predicted molar refractivity (Wildman–Crippen MR) is 120 cm³/mol. The number of hydrogen-bond donors (Lipinski definition) is 4. The summed E-state index contributed by atoms with van der Waals surface area (Å²) in [7, 11) is 0. The van der Waals surface area contributed by atoms with Gasteiger partial charge in [-0.25, -0.2) is 9.36 Å². The third kappa shape index (κ3) is 2.74. The van der Waals surface area contributed by atoms with Gasteiger partial charge in [-0.3, -0.25) is 0 Å². The number of fused-ring (bicyclic) bond motifs is 3. The van der Waals surface area contributed by atoms with E-state index in [1.807, 2.05) is 0 Å². The van der Waals surface area contributed by atoms with Crippen molar-refractivity contribution < 1.29 is 0 Å². The van der Waals surface area contributed by atoms with Gasteiger partial charge in [0.15, 0.2) is 0 Å². The third-order valence-electron chi connectivity index (χ3n) is 5.20. The average Bonchev–Trinajstić information content (AvgIpc) is 3.36. The monoisotopic (exact) mass is 404 g/mol. The Morgan fingerprint density at radius 1 is 0.759 bits per heavy atom. The lowest BCUT2D eigenvalue weighted by atomic mass is 10.00. The van der Waals surface area contributed by atoms with E-state index in [0.29, 0.717) is 36.1 Å². The summed E-state index contributed by atoms with van der Waals surface area (Å²) in [6.07, 6.45) is 3.15. The summed E-state index contributed by atoms with van der Waals surface area (Å²) in [6.45, 7) is 0.988. The molecule has 3 aromatic heterocycles. The van der Waals surface area contributed by atoms with E-state index in [1.54, 1.807) is 33.1 Å². The van der Waals surface area contributed by atoms with Crippen LogP contribution in [0.25, 0.3) is 20.2 Å². The molecule has 9 heteroatoms. The van der Waals surface area contributed by atoms with Crippen molar-refractivity contribution in [2.24, 2.45) is 0 Å². The Bertz CT molecular complexity index is 1360. The summed E-state index contributed by atoms with van der Waals surface area (Å²) >= 11 is 1.77. The first kappa shape index (κ1) is 17.4. The summed E-state index contributed by atoms with van der Waals surface area (Å²) in [5, 5.41) is 11.1. The molecular formula is C20H20N8S. The fourth-order valence-electron chi connectivity index (χ4n) is 3.64. The van der Waals surface area contributed by atoms with E-state index in [0.717, 1.165) is 11.1 Å². The number of hydrogen-bond acceptors (Lipinski definition) is 7. The van der Waals surface area contributed by atoms with Crippen LogP contribution in [0.2, 0.25) is 0 Å². The van der Waals surface area contributed by atoms with Gasteiger partial charge >= 0.3 is 0 Å². The first-order valence-electron chi connectivity index (χ1n) is 9.08. The number of rotatable bonds is 4. The molecule has 5 aromatic rings. The molecule has 0 spiro atoms. The second-order valence-electron chi connectivity index (χ2n) is 6.96. The van der Waals surface area contributed by atoms with Gasteiger partial charge in [0, 0.05) is 20.2 Å². The number of nitrogens with two attached hydrogens (primary N) is 4. The van der Waals surface area contributed by atoms with Crippen LogP contribution in [-0.2, 0) is 13.1 Å². The lowest BCUT2D eigenvalue weighted by Crippen LogP contribution is -2.12. The highest BCUT2D eigenvalue weighted by Gasteiger charge is 2.17. The molecule has 29 heavy (non-hydrogen) atoms. The summed E-state index contributed by atoms with van der Waals surface area (Å²) in [6, 6.07) is 12.6. The molecule has 0 atom stereocenters. The Hall–Kier alpha value is -3.72. The fourth-order valence-corrected chi connectivity index (χ4v) is 4.78. The van der Waals surface area contributed by atoms with Gasteiger partial charge in [0.1, 0.15) is 11.6 Å². The van der Waals surface area contributed by atoms with E-state index >= 15 is 0 Å². The van der Waals surface area contributed by atoms with Crippen LogP contribution in [0.5, 0.6) is 0 Å². The molecule has 0 bridgehead atoms. The largest absolute Gasteiger partial charge is 0.394 e. The van der Waals surface area contributed by atoms with E-state index in [4.69, 9.17) is 22.9 Å². The zero-order valence-corrected chi connectivity index (χ0v) is 16.4. The van der Waals surface area contributed by atoms with E-state index in [-0.39, 0.29) is 0 Å². The molecule has 0 fully saturated rings. The number of anilines is 4. The molecule has 8 nitrogen and oxygen atoms in total.